The number of anilines is 1. The zero-order valence-corrected chi connectivity index (χ0v) is 24.8. The number of carbonyl (C=O) groups excluding carboxylic acids is 2. The molecule has 4 aromatic rings. The number of carbonyl (C=O) groups is 2. The number of hydrogen-bond donors (Lipinski definition) is 1. The Morgan fingerprint density at radius 3 is 2.39 bits per heavy atom. The van der Waals surface area contributed by atoms with Crippen LogP contribution in [0.25, 0.3) is 16.8 Å². The Balaban J connectivity index is 1.43. The lowest BCUT2D eigenvalue weighted by molar-refractivity contribution is -0.122. The van der Waals surface area contributed by atoms with Gasteiger partial charge in [0.1, 0.15) is 17.9 Å². The SMILES string of the molecule is O=C1NC(=S)N(c2cccc(Cl)c2Cl)C(=O)/C1=C/c1cc(Br)c(OCc2cccc3ccccc23)c(Br)c1. The Kier molecular flexibility index (Phi) is 7.88. The molecule has 1 aliphatic heterocycles. The molecule has 0 bridgehead atoms. The average Bonchev–Trinajstić information content (AvgIpc) is 2.88. The molecular weight excluding hydrogens is 675 g/mol. The van der Waals surface area contributed by atoms with Crippen molar-refractivity contribution in [3.8, 4) is 5.75 Å². The van der Waals surface area contributed by atoms with Gasteiger partial charge in [-0.3, -0.25) is 19.8 Å². The number of halogens is 4. The van der Waals surface area contributed by atoms with Crippen molar-refractivity contribution in [3.05, 3.63) is 108 Å². The summed E-state index contributed by atoms with van der Waals surface area (Å²) >= 11 is 24.8. The molecule has 0 spiro atoms. The molecule has 1 fully saturated rings. The topological polar surface area (TPSA) is 58.6 Å². The number of rotatable bonds is 5. The third-order valence-corrected chi connectivity index (χ3v) is 8.13. The molecule has 10 heteroatoms. The molecule has 2 amide bonds. The molecule has 0 aromatic heterocycles. The summed E-state index contributed by atoms with van der Waals surface area (Å²) < 4.78 is 7.44. The summed E-state index contributed by atoms with van der Waals surface area (Å²) in [5.74, 6) is -0.641. The highest BCUT2D eigenvalue weighted by molar-refractivity contribution is 9.11. The molecule has 0 radical (unpaired) electrons. The van der Waals surface area contributed by atoms with Gasteiger partial charge in [-0.1, -0.05) is 71.7 Å². The van der Waals surface area contributed by atoms with Gasteiger partial charge in [0.2, 0.25) is 0 Å². The van der Waals surface area contributed by atoms with Gasteiger partial charge < -0.3 is 4.74 Å². The molecule has 1 N–H and O–H groups in total. The predicted molar refractivity (Wildman–Crippen MR) is 163 cm³/mol. The van der Waals surface area contributed by atoms with Crippen LogP contribution in [0.1, 0.15) is 11.1 Å². The van der Waals surface area contributed by atoms with E-state index in [1.54, 1.807) is 30.3 Å². The number of nitrogens with one attached hydrogen (secondary N) is 1. The van der Waals surface area contributed by atoms with Crippen LogP contribution in [0.3, 0.4) is 0 Å². The minimum atomic E-state index is -0.619. The summed E-state index contributed by atoms with van der Waals surface area (Å²) in [6.07, 6.45) is 1.48. The van der Waals surface area contributed by atoms with Crippen LogP contribution < -0.4 is 15.0 Å². The highest BCUT2D eigenvalue weighted by atomic mass is 79.9. The van der Waals surface area contributed by atoms with Crippen LogP contribution >= 0.6 is 67.3 Å². The first kappa shape index (κ1) is 26.8. The molecule has 1 heterocycles. The van der Waals surface area contributed by atoms with Crippen LogP contribution in [0.15, 0.2) is 87.3 Å². The van der Waals surface area contributed by atoms with Crippen molar-refractivity contribution in [3.63, 3.8) is 0 Å². The van der Waals surface area contributed by atoms with Crippen molar-refractivity contribution >= 4 is 107 Å². The summed E-state index contributed by atoms with van der Waals surface area (Å²) in [4.78, 5) is 27.3. The van der Waals surface area contributed by atoms with E-state index >= 15 is 0 Å². The van der Waals surface area contributed by atoms with Crippen LogP contribution in [0.4, 0.5) is 5.69 Å². The zero-order chi connectivity index (χ0) is 27.0. The van der Waals surface area contributed by atoms with E-state index in [2.05, 4.69) is 55.4 Å². The van der Waals surface area contributed by atoms with Gasteiger partial charge in [0.15, 0.2) is 5.11 Å². The standard InChI is InChI=1S/C28H16Br2Cl2N2O3S/c29-20-12-15(13-21(30)25(20)37-14-17-7-3-6-16-5-1-2-8-18(16)17)11-19-26(35)33-28(38)34(27(19)36)23-10-4-9-22(31)24(23)32/h1-13H,14H2,(H,33,35,38)/b19-11+. The second-order valence-corrected chi connectivity index (χ2v) is 11.2. The zero-order valence-electron chi connectivity index (χ0n) is 19.3. The monoisotopic (exact) mass is 688 g/mol. The van der Waals surface area contributed by atoms with E-state index < -0.39 is 11.8 Å². The molecule has 5 rings (SSSR count). The lowest BCUT2D eigenvalue weighted by Gasteiger charge is -2.29. The maximum Gasteiger partial charge on any atom is 0.270 e. The van der Waals surface area contributed by atoms with E-state index in [1.165, 1.54) is 6.08 Å². The lowest BCUT2D eigenvalue weighted by atomic mass is 10.1. The molecule has 38 heavy (non-hydrogen) atoms. The first-order valence-corrected chi connectivity index (χ1v) is 13.9. The Labute approximate surface area is 250 Å². The average molecular weight is 691 g/mol. The molecule has 1 aliphatic rings. The van der Waals surface area contributed by atoms with Crippen molar-refractivity contribution in [2.75, 3.05) is 4.90 Å². The van der Waals surface area contributed by atoms with Gasteiger partial charge in [0.25, 0.3) is 11.8 Å². The molecule has 0 unspecified atom stereocenters. The van der Waals surface area contributed by atoms with Crippen LogP contribution in [-0.4, -0.2) is 16.9 Å². The number of fused-ring (bicyclic) bond motifs is 1. The fraction of sp³-hybridized carbons (Fsp3) is 0.0357. The molecule has 0 atom stereocenters. The number of thiocarbonyl (C=S) groups is 1. The molecule has 0 saturated carbocycles. The third kappa shape index (κ3) is 5.24. The first-order valence-electron chi connectivity index (χ1n) is 11.2. The van der Waals surface area contributed by atoms with Gasteiger partial charge in [-0.15, -0.1) is 0 Å². The lowest BCUT2D eigenvalue weighted by Crippen LogP contribution is -2.54. The normalized spacial score (nSPS) is 14.8. The fourth-order valence-electron chi connectivity index (χ4n) is 4.08. The molecule has 4 aromatic carbocycles. The van der Waals surface area contributed by atoms with Crippen molar-refractivity contribution in [1.82, 2.24) is 5.32 Å². The van der Waals surface area contributed by atoms with Crippen molar-refractivity contribution in [2.45, 2.75) is 6.61 Å². The largest absolute Gasteiger partial charge is 0.487 e. The Hall–Kier alpha value is -2.75. The minimum Gasteiger partial charge on any atom is -0.487 e. The minimum absolute atomic E-state index is 0.0825. The molecular formula is C28H16Br2Cl2N2O3S. The summed E-state index contributed by atoms with van der Waals surface area (Å²) in [5, 5.41) is 5.13. The molecule has 0 aliphatic carbocycles. The Morgan fingerprint density at radius 1 is 0.947 bits per heavy atom. The van der Waals surface area contributed by atoms with Crippen molar-refractivity contribution in [1.29, 1.82) is 0 Å². The maximum absolute atomic E-state index is 13.4. The first-order chi connectivity index (χ1) is 18.2. The quantitative estimate of drug-likeness (QED) is 0.131. The van der Waals surface area contributed by atoms with Crippen molar-refractivity contribution < 1.29 is 14.3 Å². The van der Waals surface area contributed by atoms with Crippen LogP contribution in [-0.2, 0) is 16.2 Å². The summed E-state index contributed by atoms with van der Waals surface area (Å²) in [7, 11) is 0. The summed E-state index contributed by atoms with van der Waals surface area (Å²) in [5.41, 5.74) is 1.80. The van der Waals surface area contributed by atoms with Crippen LogP contribution in [0.5, 0.6) is 5.75 Å². The smallest absolute Gasteiger partial charge is 0.270 e. The number of nitrogens with zero attached hydrogens (tertiary/aromatic N) is 1. The van der Waals surface area contributed by atoms with E-state index in [9.17, 15) is 9.59 Å². The van der Waals surface area contributed by atoms with Gasteiger partial charge in [-0.05, 0) is 96.3 Å². The second kappa shape index (κ2) is 11.2. The molecule has 1 saturated heterocycles. The van der Waals surface area contributed by atoms with E-state index in [4.69, 9.17) is 40.2 Å². The predicted octanol–water partition coefficient (Wildman–Crippen LogP) is 8.08. The van der Waals surface area contributed by atoms with Crippen molar-refractivity contribution in [2.24, 2.45) is 0 Å². The van der Waals surface area contributed by atoms with Gasteiger partial charge >= 0.3 is 0 Å². The van der Waals surface area contributed by atoms with Gasteiger partial charge in [-0.25, -0.2) is 0 Å². The van der Waals surface area contributed by atoms with Gasteiger partial charge in [-0.2, -0.15) is 0 Å². The number of ether oxygens (including phenoxy) is 1. The van der Waals surface area contributed by atoms with E-state index in [1.807, 2.05) is 24.3 Å². The second-order valence-electron chi connectivity index (χ2n) is 8.27. The Morgan fingerprint density at radius 2 is 1.63 bits per heavy atom. The maximum atomic E-state index is 13.4. The highest BCUT2D eigenvalue weighted by Gasteiger charge is 2.35. The van der Waals surface area contributed by atoms with Crippen LogP contribution in [0, 0.1) is 0 Å². The number of benzene rings is 4. The Bertz CT molecular complexity index is 1650. The van der Waals surface area contributed by atoms with E-state index in [0.29, 0.717) is 26.9 Å². The fourth-order valence-corrected chi connectivity index (χ4v) is 6.18. The molecule has 5 nitrogen and oxygen atoms in total. The van der Waals surface area contributed by atoms with Gasteiger partial charge in [0, 0.05) is 0 Å². The van der Waals surface area contributed by atoms with Gasteiger partial charge in [0.05, 0.1) is 24.7 Å². The third-order valence-electron chi connectivity index (χ3n) is 5.86. The summed E-state index contributed by atoms with van der Waals surface area (Å²) in [6, 6.07) is 22.6. The highest BCUT2D eigenvalue weighted by Crippen LogP contribution is 2.38. The number of amides is 2. The summed E-state index contributed by atoms with van der Waals surface area (Å²) in [6.45, 7) is 0.354. The van der Waals surface area contributed by atoms with E-state index in [0.717, 1.165) is 21.2 Å². The molecule has 190 valence electrons. The van der Waals surface area contributed by atoms with E-state index in [-0.39, 0.29) is 26.4 Å². The van der Waals surface area contributed by atoms with Crippen LogP contribution in [0.2, 0.25) is 10.0 Å². The number of hydrogen-bond acceptors (Lipinski definition) is 4.